The molecule has 0 bridgehead atoms. The third-order valence-electron chi connectivity index (χ3n) is 4.07. The molecule has 1 atom stereocenters. The molecule has 0 spiro atoms. The number of aromatic amines is 1. The van der Waals surface area contributed by atoms with Gasteiger partial charge in [0.1, 0.15) is 18.0 Å². The summed E-state index contributed by atoms with van der Waals surface area (Å²) in [5.41, 5.74) is 2.78. The highest BCUT2D eigenvalue weighted by Crippen LogP contribution is 2.23. The van der Waals surface area contributed by atoms with Crippen LogP contribution in [0.5, 0.6) is 0 Å². The molecule has 0 fully saturated rings. The third-order valence-corrected chi connectivity index (χ3v) is 4.07. The lowest BCUT2D eigenvalue weighted by atomic mass is 10.2. The van der Waals surface area contributed by atoms with E-state index in [1.807, 2.05) is 30.3 Å². The summed E-state index contributed by atoms with van der Waals surface area (Å²) in [5, 5.41) is 7.76. The van der Waals surface area contributed by atoms with Crippen molar-refractivity contribution in [1.82, 2.24) is 29.5 Å². The Labute approximate surface area is 144 Å². The smallest absolute Gasteiger partial charge is 0.254 e. The van der Waals surface area contributed by atoms with Crippen LogP contribution in [-0.4, -0.2) is 36.7 Å². The summed E-state index contributed by atoms with van der Waals surface area (Å²) in [4.78, 5) is 16.7. The lowest BCUT2D eigenvalue weighted by Gasteiger charge is -2.17. The van der Waals surface area contributed by atoms with Crippen molar-refractivity contribution in [2.24, 2.45) is 0 Å². The topological polar surface area (TPSA) is 93.0 Å². The lowest BCUT2D eigenvalue weighted by Crippen LogP contribution is -2.15. The fourth-order valence-corrected chi connectivity index (χ4v) is 2.87. The molecule has 4 rings (SSSR count). The normalized spacial score (nSPS) is 12.7. The minimum absolute atomic E-state index is 0.0117. The van der Waals surface area contributed by atoms with Gasteiger partial charge < -0.3 is 15.0 Å². The van der Waals surface area contributed by atoms with Gasteiger partial charge in [0.15, 0.2) is 0 Å². The van der Waals surface area contributed by atoms with Crippen LogP contribution in [0, 0.1) is 0 Å². The quantitative estimate of drug-likeness (QED) is 0.562. The predicted molar refractivity (Wildman–Crippen MR) is 94.2 cm³/mol. The first-order valence-electron chi connectivity index (χ1n) is 8.18. The van der Waals surface area contributed by atoms with Crippen molar-refractivity contribution in [2.45, 2.75) is 26.0 Å². The molecule has 0 radical (unpaired) electrons. The number of nitrogens with zero attached hydrogens (tertiary/aromatic N) is 5. The van der Waals surface area contributed by atoms with Crippen molar-refractivity contribution in [3.63, 3.8) is 0 Å². The van der Waals surface area contributed by atoms with Gasteiger partial charge in [0.2, 0.25) is 0 Å². The largest absolute Gasteiger partial charge is 0.378 e. The van der Waals surface area contributed by atoms with E-state index in [2.05, 4.69) is 32.3 Å². The molecule has 0 saturated heterocycles. The highest BCUT2D eigenvalue weighted by atomic mass is 16.5. The molecular weight excluding hydrogens is 318 g/mol. The van der Waals surface area contributed by atoms with E-state index in [0.29, 0.717) is 12.4 Å². The van der Waals surface area contributed by atoms with Gasteiger partial charge in [-0.05, 0) is 18.6 Å². The van der Waals surface area contributed by atoms with E-state index < -0.39 is 0 Å². The minimum Gasteiger partial charge on any atom is -0.378 e. The van der Waals surface area contributed by atoms with E-state index >= 15 is 0 Å². The molecule has 0 aliphatic carbocycles. The van der Waals surface area contributed by atoms with Gasteiger partial charge in [-0.15, -0.1) is 0 Å². The summed E-state index contributed by atoms with van der Waals surface area (Å²) < 4.78 is 6.88. The van der Waals surface area contributed by atoms with Crippen LogP contribution >= 0.6 is 0 Å². The second kappa shape index (κ2) is 6.48. The van der Waals surface area contributed by atoms with E-state index in [9.17, 15) is 0 Å². The highest BCUT2D eigenvalue weighted by molar-refractivity contribution is 5.74. The number of methoxy groups -OCH3 is 1. The number of anilines is 1. The van der Waals surface area contributed by atoms with E-state index in [0.717, 1.165) is 34.8 Å². The first kappa shape index (κ1) is 15.5. The van der Waals surface area contributed by atoms with Gasteiger partial charge >= 0.3 is 0 Å². The molecule has 0 amide bonds. The van der Waals surface area contributed by atoms with Crippen molar-refractivity contribution >= 4 is 22.6 Å². The van der Waals surface area contributed by atoms with Crippen molar-refractivity contribution in [1.29, 1.82) is 0 Å². The Morgan fingerprint density at radius 2 is 2.16 bits per heavy atom. The number of imidazole rings is 1. The van der Waals surface area contributed by atoms with Crippen LogP contribution in [0.1, 0.15) is 30.9 Å². The van der Waals surface area contributed by atoms with Crippen LogP contribution in [0.3, 0.4) is 0 Å². The number of hydrogen-bond donors (Lipinski definition) is 2. The van der Waals surface area contributed by atoms with Gasteiger partial charge in [0.05, 0.1) is 29.4 Å². The molecule has 128 valence electrons. The number of fused-ring (bicyclic) bond motifs is 2. The minimum atomic E-state index is 0.0117. The van der Waals surface area contributed by atoms with Gasteiger partial charge in [0, 0.05) is 13.2 Å². The van der Waals surface area contributed by atoms with Crippen LogP contribution in [0.25, 0.3) is 16.8 Å². The Kier molecular flexibility index (Phi) is 4.02. The van der Waals surface area contributed by atoms with Gasteiger partial charge in [0.25, 0.3) is 5.78 Å². The van der Waals surface area contributed by atoms with E-state index in [1.165, 1.54) is 6.33 Å². The zero-order valence-corrected chi connectivity index (χ0v) is 14.1. The second-order valence-electron chi connectivity index (χ2n) is 5.78. The van der Waals surface area contributed by atoms with Gasteiger partial charge in [-0.3, -0.25) is 0 Å². The monoisotopic (exact) mass is 337 g/mol. The standard InChI is InChI=1S/C17H19N7O/c1-3-12(16-22-13-6-4-5-7-14(13)23-16)21-15-8-11(9-25-2)20-17-18-10-19-24(15)17/h4-8,10,12,21H,3,9H2,1-2H3,(H,22,23). The lowest BCUT2D eigenvalue weighted by molar-refractivity contribution is 0.181. The Balaban J connectivity index is 1.71. The third kappa shape index (κ3) is 2.91. The number of H-pyrrole nitrogens is 1. The first-order valence-corrected chi connectivity index (χ1v) is 8.18. The number of rotatable bonds is 6. The summed E-state index contributed by atoms with van der Waals surface area (Å²) in [6, 6.07) is 9.95. The summed E-state index contributed by atoms with van der Waals surface area (Å²) in [6.07, 6.45) is 2.35. The number of ether oxygens (including phenoxy) is 1. The molecule has 8 heteroatoms. The zero-order chi connectivity index (χ0) is 17.2. The summed E-state index contributed by atoms with van der Waals surface area (Å²) in [5.74, 6) is 2.24. The molecule has 25 heavy (non-hydrogen) atoms. The van der Waals surface area contributed by atoms with E-state index in [-0.39, 0.29) is 6.04 Å². The van der Waals surface area contributed by atoms with Crippen molar-refractivity contribution < 1.29 is 4.74 Å². The van der Waals surface area contributed by atoms with Gasteiger partial charge in [-0.1, -0.05) is 19.1 Å². The Morgan fingerprint density at radius 1 is 1.28 bits per heavy atom. The van der Waals surface area contributed by atoms with Gasteiger partial charge in [-0.25, -0.2) is 9.97 Å². The molecule has 0 aliphatic heterocycles. The van der Waals surface area contributed by atoms with Crippen molar-refractivity contribution in [3.05, 3.63) is 48.2 Å². The summed E-state index contributed by atoms with van der Waals surface area (Å²) >= 11 is 0. The molecule has 0 saturated carbocycles. The second-order valence-corrected chi connectivity index (χ2v) is 5.78. The van der Waals surface area contributed by atoms with E-state index in [1.54, 1.807) is 11.6 Å². The van der Waals surface area contributed by atoms with Crippen LogP contribution in [0.4, 0.5) is 5.82 Å². The fourth-order valence-electron chi connectivity index (χ4n) is 2.87. The van der Waals surface area contributed by atoms with Crippen LogP contribution in [0.15, 0.2) is 36.7 Å². The summed E-state index contributed by atoms with van der Waals surface area (Å²) in [7, 11) is 1.64. The van der Waals surface area contributed by atoms with Crippen molar-refractivity contribution in [3.8, 4) is 0 Å². The van der Waals surface area contributed by atoms with Gasteiger partial charge in [-0.2, -0.15) is 14.6 Å². The molecule has 1 aromatic carbocycles. The predicted octanol–water partition coefficient (Wildman–Crippen LogP) is 2.71. The number of aromatic nitrogens is 6. The maximum absolute atomic E-state index is 5.20. The molecule has 0 aliphatic rings. The molecule has 8 nitrogen and oxygen atoms in total. The number of hydrogen-bond acceptors (Lipinski definition) is 6. The number of para-hydroxylation sites is 2. The number of benzene rings is 1. The average Bonchev–Trinajstić information content (AvgIpc) is 3.26. The maximum Gasteiger partial charge on any atom is 0.254 e. The average molecular weight is 337 g/mol. The number of nitrogens with one attached hydrogen (secondary N) is 2. The van der Waals surface area contributed by atoms with E-state index in [4.69, 9.17) is 9.72 Å². The van der Waals surface area contributed by atoms with Crippen molar-refractivity contribution in [2.75, 3.05) is 12.4 Å². The Bertz CT molecular complexity index is 974. The molecule has 1 unspecified atom stereocenters. The molecule has 2 N–H and O–H groups in total. The molecule has 4 aromatic rings. The molecular formula is C17H19N7O. The van der Waals surface area contributed by atoms with Crippen LogP contribution in [-0.2, 0) is 11.3 Å². The van der Waals surface area contributed by atoms with Crippen LogP contribution < -0.4 is 5.32 Å². The molecule has 3 aromatic heterocycles. The fraction of sp³-hybridized carbons (Fsp3) is 0.294. The first-order chi connectivity index (χ1) is 12.3. The van der Waals surface area contributed by atoms with Crippen LogP contribution in [0.2, 0.25) is 0 Å². The Morgan fingerprint density at radius 3 is 2.96 bits per heavy atom. The summed E-state index contributed by atoms with van der Waals surface area (Å²) in [6.45, 7) is 2.53. The SMILES string of the molecule is CCC(Nc1cc(COC)nc2ncnn12)c1nc2ccccc2[nH]1. The highest BCUT2D eigenvalue weighted by Gasteiger charge is 2.17. The molecule has 3 heterocycles. The zero-order valence-electron chi connectivity index (χ0n) is 14.1. The maximum atomic E-state index is 5.20. The Hall–Kier alpha value is -3.00.